The van der Waals surface area contributed by atoms with E-state index in [4.69, 9.17) is 10.7 Å². The maximum absolute atomic E-state index is 12.6. The Kier molecular flexibility index (Phi) is 4.09. The molecule has 0 N–H and O–H groups in total. The monoisotopic (exact) mass is 248 g/mol. The molecule has 0 aliphatic rings. The smallest absolute Gasteiger partial charge is 0.207 e. The fourth-order valence-electron chi connectivity index (χ4n) is 0.673. The van der Waals surface area contributed by atoms with E-state index in [9.17, 15) is 17.2 Å². The van der Waals surface area contributed by atoms with Crippen molar-refractivity contribution in [1.29, 1.82) is 0 Å². The highest BCUT2D eigenvalue weighted by Gasteiger charge is 2.15. The van der Waals surface area contributed by atoms with Gasteiger partial charge in [-0.25, -0.2) is 17.2 Å². The molecule has 0 atom stereocenters. The zero-order chi connectivity index (χ0) is 9.35. The third-order valence-electron chi connectivity index (χ3n) is 1.16. The molecule has 0 heterocycles. The molecule has 7 heteroatoms. The number of benzene rings is 1. The van der Waals surface area contributed by atoms with Crippen LogP contribution in [0.25, 0.3) is 0 Å². The van der Waals surface area contributed by atoms with Crippen LogP contribution in [0.2, 0.25) is 0 Å². The number of hydrogen-bond donors (Lipinski definition) is 0. The van der Waals surface area contributed by atoms with Crippen LogP contribution in [0.15, 0.2) is 23.1 Å². The lowest BCUT2D eigenvalue weighted by atomic mass is 10.3. The molecule has 0 aliphatic carbocycles. The van der Waals surface area contributed by atoms with E-state index in [1.54, 1.807) is 0 Å². The lowest BCUT2D eigenvalue weighted by molar-refractivity contribution is 0.554. The van der Waals surface area contributed by atoms with Gasteiger partial charge in [-0.15, -0.1) is 12.4 Å². The van der Waals surface area contributed by atoms with E-state index < -0.39 is 25.6 Å². The molecule has 1 aromatic carbocycles. The first-order chi connectivity index (χ1) is 5.41. The average molecular weight is 249 g/mol. The molecule has 13 heavy (non-hydrogen) atoms. The Morgan fingerprint density at radius 1 is 1.23 bits per heavy atom. The highest BCUT2D eigenvalue weighted by atomic mass is 35.7. The summed E-state index contributed by atoms with van der Waals surface area (Å²) in [5, 5.41) is 0. The van der Waals surface area contributed by atoms with E-state index in [1.807, 2.05) is 0 Å². The SMILES string of the molecule is Cl.O=S(=O)(Cl)c1ccc(F)cc1F. The molecule has 0 amide bonds. The Labute approximate surface area is 84.3 Å². The standard InChI is InChI=1S/C6H3ClF2O2S.ClH/c7-12(10,11)6-2-1-4(8)3-5(6)9;/h1-3H;1H. The molecule has 0 aliphatic heterocycles. The molecule has 1 rings (SSSR count). The van der Waals surface area contributed by atoms with Crippen LogP contribution in [0.5, 0.6) is 0 Å². The van der Waals surface area contributed by atoms with Crippen molar-refractivity contribution < 1.29 is 17.2 Å². The minimum Gasteiger partial charge on any atom is -0.207 e. The minimum atomic E-state index is -4.12. The van der Waals surface area contributed by atoms with E-state index >= 15 is 0 Å². The topological polar surface area (TPSA) is 34.1 Å². The van der Waals surface area contributed by atoms with E-state index in [-0.39, 0.29) is 12.4 Å². The van der Waals surface area contributed by atoms with Gasteiger partial charge in [0.15, 0.2) is 0 Å². The maximum atomic E-state index is 12.6. The van der Waals surface area contributed by atoms with Crippen molar-refractivity contribution in [1.82, 2.24) is 0 Å². The fraction of sp³-hybridized carbons (Fsp3) is 0. The second kappa shape index (κ2) is 4.21. The fourth-order valence-corrected chi connectivity index (χ4v) is 1.57. The summed E-state index contributed by atoms with van der Waals surface area (Å²) in [6, 6.07) is 2.04. The third-order valence-corrected chi connectivity index (χ3v) is 2.51. The minimum absolute atomic E-state index is 0. The third kappa shape index (κ3) is 3.10. The largest absolute Gasteiger partial charge is 0.264 e. The summed E-state index contributed by atoms with van der Waals surface area (Å²) in [6.07, 6.45) is 0. The first-order valence-corrected chi connectivity index (χ1v) is 5.12. The van der Waals surface area contributed by atoms with E-state index in [2.05, 4.69) is 0 Å². The summed E-state index contributed by atoms with van der Waals surface area (Å²) in [5.74, 6) is -2.04. The molecule has 0 saturated heterocycles. The van der Waals surface area contributed by atoms with Gasteiger partial charge in [0.2, 0.25) is 0 Å². The van der Waals surface area contributed by atoms with Crippen molar-refractivity contribution in [3.63, 3.8) is 0 Å². The Bertz CT molecular complexity index is 405. The average Bonchev–Trinajstić information content (AvgIpc) is 1.83. The van der Waals surface area contributed by atoms with Crippen LogP contribution in [-0.4, -0.2) is 8.42 Å². The van der Waals surface area contributed by atoms with Crippen LogP contribution in [0.3, 0.4) is 0 Å². The predicted octanol–water partition coefficient (Wildman–Crippen LogP) is 2.31. The van der Waals surface area contributed by atoms with Crippen molar-refractivity contribution in [2.45, 2.75) is 4.90 Å². The quantitative estimate of drug-likeness (QED) is 0.715. The lowest BCUT2D eigenvalue weighted by Gasteiger charge is -1.96. The maximum Gasteiger partial charge on any atom is 0.264 e. The Morgan fingerprint density at radius 3 is 2.15 bits per heavy atom. The summed E-state index contributed by atoms with van der Waals surface area (Å²) in [6.45, 7) is 0. The molecule has 0 bridgehead atoms. The molecule has 0 spiro atoms. The number of halogens is 4. The van der Waals surface area contributed by atoms with Gasteiger partial charge in [0.1, 0.15) is 16.5 Å². The van der Waals surface area contributed by atoms with Crippen molar-refractivity contribution in [3.05, 3.63) is 29.8 Å². The zero-order valence-corrected chi connectivity index (χ0v) is 8.39. The first kappa shape index (κ1) is 12.6. The molecule has 0 saturated carbocycles. The molecule has 0 radical (unpaired) electrons. The van der Waals surface area contributed by atoms with E-state index in [0.717, 1.165) is 12.1 Å². The van der Waals surface area contributed by atoms with Crippen LogP contribution in [0.4, 0.5) is 8.78 Å². The van der Waals surface area contributed by atoms with Gasteiger partial charge >= 0.3 is 0 Å². The highest BCUT2D eigenvalue weighted by molar-refractivity contribution is 8.13. The van der Waals surface area contributed by atoms with Gasteiger partial charge in [-0.3, -0.25) is 0 Å². The molecule has 0 aromatic heterocycles. The van der Waals surface area contributed by atoms with Gasteiger partial charge in [-0.05, 0) is 12.1 Å². The van der Waals surface area contributed by atoms with Gasteiger partial charge in [0.25, 0.3) is 9.05 Å². The normalized spacial score (nSPS) is 10.7. The summed E-state index contributed by atoms with van der Waals surface area (Å²) in [4.78, 5) is -0.717. The summed E-state index contributed by atoms with van der Waals surface area (Å²) in [7, 11) is 0.706. The second-order valence-corrected chi connectivity index (χ2v) is 4.55. The van der Waals surface area contributed by atoms with Crippen LogP contribution in [0, 0.1) is 11.6 Å². The number of hydrogen-bond acceptors (Lipinski definition) is 2. The molecular formula is C6H4Cl2F2O2S. The van der Waals surface area contributed by atoms with Gasteiger partial charge in [-0.2, -0.15) is 0 Å². The molecule has 0 fully saturated rings. The molecule has 0 unspecified atom stereocenters. The molecule has 2 nitrogen and oxygen atoms in total. The Balaban J connectivity index is 0.00000144. The van der Waals surface area contributed by atoms with Crippen molar-refractivity contribution in [2.75, 3.05) is 0 Å². The molecular weight excluding hydrogens is 245 g/mol. The molecule has 74 valence electrons. The summed E-state index contributed by atoms with van der Waals surface area (Å²) >= 11 is 0. The van der Waals surface area contributed by atoms with E-state index in [0.29, 0.717) is 6.07 Å². The van der Waals surface area contributed by atoms with Crippen LogP contribution in [-0.2, 0) is 9.05 Å². The van der Waals surface area contributed by atoms with Crippen molar-refractivity contribution in [2.24, 2.45) is 0 Å². The van der Waals surface area contributed by atoms with Gasteiger partial charge in [0.05, 0.1) is 0 Å². The highest BCUT2D eigenvalue weighted by Crippen LogP contribution is 2.18. The molecule has 1 aromatic rings. The first-order valence-electron chi connectivity index (χ1n) is 2.81. The lowest BCUT2D eigenvalue weighted by Crippen LogP contribution is -1.95. The zero-order valence-electron chi connectivity index (χ0n) is 6.00. The van der Waals surface area contributed by atoms with Crippen LogP contribution >= 0.6 is 23.1 Å². The van der Waals surface area contributed by atoms with Crippen LogP contribution < -0.4 is 0 Å². The van der Waals surface area contributed by atoms with Crippen molar-refractivity contribution >= 4 is 32.1 Å². The summed E-state index contributed by atoms with van der Waals surface area (Å²) < 4.78 is 46.0. The van der Waals surface area contributed by atoms with Crippen LogP contribution in [0.1, 0.15) is 0 Å². The predicted molar refractivity (Wildman–Crippen MR) is 46.6 cm³/mol. The Hall–Kier alpha value is -0.390. The van der Waals surface area contributed by atoms with Gasteiger partial charge in [-0.1, -0.05) is 0 Å². The van der Waals surface area contributed by atoms with Gasteiger partial charge in [0, 0.05) is 16.7 Å². The Morgan fingerprint density at radius 2 is 1.77 bits per heavy atom. The van der Waals surface area contributed by atoms with E-state index in [1.165, 1.54) is 0 Å². The van der Waals surface area contributed by atoms with Gasteiger partial charge < -0.3 is 0 Å². The van der Waals surface area contributed by atoms with Crippen molar-refractivity contribution in [3.8, 4) is 0 Å². The number of rotatable bonds is 1. The second-order valence-electron chi connectivity index (χ2n) is 2.01. The summed E-state index contributed by atoms with van der Waals surface area (Å²) in [5.41, 5.74) is 0.